The van der Waals surface area contributed by atoms with E-state index < -0.39 is 17.7 Å². The topological polar surface area (TPSA) is 98.7 Å². The van der Waals surface area contributed by atoms with Gasteiger partial charge in [-0.3, -0.25) is 9.59 Å². The molecular formula is C12H14N2O4. The first kappa shape index (κ1) is 12.2. The second-order valence-electron chi connectivity index (χ2n) is 4.13. The average Bonchev–Trinajstić information content (AvgIpc) is 2.35. The number of hydrogen-bond acceptors (Lipinski definition) is 4. The first-order chi connectivity index (χ1) is 8.59. The van der Waals surface area contributed by atoms with Crippen molar-refractivity contribution in [3.63, 3.8) is 0 Å². The van der Waals surface area contributed by atoms with Crippen LogP contribution in [0.25, 0.3) is 0 Å². The lowest BCUT2D eigenvalue weighted by atomic mass is 10.1. The third kappa shape index (κ3) is 2.37. The van der Waals surface area contributed by atoms with Crippen LogP contribution in [0.3, 0.4) is 0 Å². The third-order valence-electron chi connectivity index (χ3n) is 2.85. The Bertz CT molecular complexity index is 487. The number of carbonyl (C=O) groups excluding carboxylic acids is 2. The van der Waals surface area contributed by atoms with E-state index >= 15 is 0 Å². The van der Waals surface area contributed by atoms with E-state index in [-0.39, 0.29) is 17.2 Å². The van der Waals surface area contributed by atoms with Gasteiger partial charge in [-0.25, -0.2) is 0 Å². The van der Waals surface area contributed by atoms with Gasteiger partial charge in [0.2, 0.25) is 5.91 Å². The first-order valence-electron chi connectivity index (χ1n) is 5.69. The van der Waals surface area contributed by atoms with Gasteiger partial charge in [0, 0.05) is 6.54 Å². The summed E-state index contributed by atoms with van der Waals surface area (Å²) in [4.78, 5) is 23.3. The number of rotatable bonds is 2. The molecule has 96 valence electrons. The Hall–Kier alpha value is -2.24. The number of carbonyl (C=O) groups is 2. The summed E-state index contributed by atoms with van der Waals surface area (Å²) in [6.45, 7) is 0.614. The Kier molecular flexibility index (Phi) is 3.36. The predicted molar refractivity (Wildman–Crippen MR) is 63.3 cm³/mol. The van der Waals surface area contributed by atoms with Gasteiger partial charge in [-0.05, 0) is 25.0 Å². The van der Waals surface area contributed by atoms with Crippen LogP contribution in [0.15, 0.2) is 18.2 Å². The highest BCUT2D eigenvalue weighted by atomic mass is 16.3. The Morgan fingerprint density at radius 1 is 1.39 bits per heavy atom. The van der Waals surface area contributed by atoms with Crippen molar-refractivity contribution in [2.24, 2.45) is 0 Å². The smallest absolute Gasteiger partial charge is 0.255 e. The number of hydrogen-bond donors (Lipinski definition) is 4. The minimum atomic E-state index is -0.590. The van der Waals surface area contributed by atoms with Gasteiger partial charge in [0.25, 0.3) is 5.91 Å². The predicted octanol–water partition coefficient (Wildman–Crippen LogP) is 0.106. The Balaban J connectivity index is 2.12. The number of phenolic OH excluding ortho intramolecular Hbond substituents is 2. The molecule has 1 aromatic carbocycles. The zero-order valence-electron chi connectivity index (χ0n) is 9.64. The zero-order chi connectivity index (χ0) is 13.1. The number of nitrogens with one attached hydrogen (secondary N) is 2. The summed E-state index contributed by atoms with van der Waals surface area (Å²) < 4.78 is 0. The average molecular weight is 250 g/mol. The second-order valence-corrected chi connectivity index (χ2v) is 4.13. The molecule has 0 saturated carbocycles. The summed E-state index contributed by atoms with van der Waals surface area (Å²) in [5, 5.41) is 24.0. The van der Waals surface area contributed by atoms with E-state index in [1.165, 1.54) is 18.2 Å². The fraction of sp³-hybridized carbons (Fsp3) is 0.333. The summed E-state index contributed by atoms with van der Waals surface area (Å²) in [7, 11) is 0. The molecule has 2 amide bonds. The molecule has 1 aromatic rings. The van der Waals surface area contributed by atoms with Crippen LogP contribution in [-0.2, 0) is 4.79 Å². The van der Waals surface area contributed by atoms with Gasteiger partial charge in [0.15, 0.2) is 11.5 Å². The fourth-order valence-electron chi connectivity index (χ4n) is 1.86. The van der Waals surface area contributed by atoms with Crippen LogP contribution < -0.4 is 10.6 Å². The number of aromatic hydroxyl groups is 2. The Morgan fingerprint density at radius 2 is 2.17 bits per heavy atom. The highest BCUT2D eigenvalue weighted by molar-refractivity contribution is 6.00. The molecule has 1 aliphatic heterocycles. The van der Waals surface area contributed by atoms with Crippen molar-refractivity contribution in [2.45, 2.75) is 18.9 Å². The van der Waals surface area contributed by atoms with Crippen LogP contribution >= 0.6 is 0 Å². The van der Waals surface area contributed by atoms with Crippen LogP contribution in [0.1, 0.15) is 23.2 Å². The SMILES string of the molecule is O=C(NC1CCCNC1=O)c1cccc(O)c1O. The summed E-state index contributed by atoms with van der Waals surface area (Å²) in [6, 6.07) is 3.52. The second kappa shape index (κ2) is 4.95. The molecule has 1 atom stereocenters. The van der Waals surface area contributed by atoms with E-state index in [2.05, 4.69) is 10.6 Å². The van der Waals surface area contributed by atoms with Crippen molar-refractivity contribution in [2.75, 3.05) is 6.54 Å². The van der Waals surface area contributed by atoms with Gasteiger partial charge in [0.05, 0.1) is 5.56 Å². The Morgan fingerprint density at radius 3 is 2.89 bits per heavy atom. The van der Waals surface area contributed by atoms with E-state index in [1.807, 2.05) is 0 Å². The molecule has 2 rings (SSSR count). The van der Waals surface area contributed by atoms with E-state index in [0.717, 1.165) is 6.42 Å². The quantitative estimate of drug-likeness (QED) is 0.560. The van der Waals surface area contributed by atoms with Crippen molar-refractivity contribution in [3.8, 4) is 11.5 Å². The Labute approximate surface area is 104 Å². The largest absolute Gasteiger partial charge is 0.504 e. The molecule has 18 heavy (non-hydrogen) atoms. The van der Waals surface area contributed by atoms with Crippen molar-refractivity contribution < 1.29 is 19.8 Å². The molecule has 6 heteroatoms. The van der Waals surface area contributed by atoms with Gasteiger partial charge in [-0.15, -0.1) is 0 Å². The van der Waals surface area contributed by atoms with Crippen LogP contribution in [0.4, 0.5) is 0 Å². The molecule has 1 fully saturated rings. The van der Waals surface area contributed by atoms with E-state index in [9.17, 15) is 19.8 Å². The molecule has 6 nitrogen and oxygen atoms in total. The number of amides is 2. The molecule has 0 aliphatic carbocycles. The van der Waals surface area contributed by atoms with Gasteiger partial charge in [-0.2, -0.15) is 0 Å². The first-order valence-corrected chi connectivity index (χ1v) is 5.69. The van der Waals surface area contributed by atoms with E-state index in [1.54, 1.807) is 0 Å². The molecule has 0 aromatic heterocycles. The van der Waals surface area contributed by atoms with Crippen molar-refractivity contribution in [3.05, 3.63) is 23.8 Å². The fourth-order valence-corrected chi connectivity index (χ4v) is 1.86. The minimum Gasteiger partial charge on any atom is -0.504 e. The molecule has 0 bridgehead atoms. The molecule has 4 N–H and O–H groups in total. The molecule has 1 unspecified atom stereocenters. The lowest BCUT2D eigenvalue weighted by molar-refractivity contribution is -0.124. The number of phenols is 2. The van der Waals surface area contributed by atoms with Gasteiger partial charge in [-0.1, -0.05) is 6.07 Å². The number of benzene rings is 1. The lowest BCUT2D eigenvalue weighted by Gasteiger charge is -2.22. The van der Waals surface area contributed by atoms with Gasteiger partial charge >= 0.3 is 0 Å². The van der Waals surface area contributed by atoms with Crippen LogP contribution in [0.2, 0.25) is 0 Å². The molecule has 0 spiro atoms. The van der Waals surface area contributed by atoms with Crippen LogP contribution in [0, 0.1) is 0 Å². The maximum atomic E-state index is 11.9. The molecule has 1 aliphatic rings. The highest BCUT2D eigenvalue weighted by Crippen LogP contribution is 2.28. The third-order valence-corrected chi connectivity index (χ3v) is 2.85. The summed E-state index contributed by atoms with van der Waals surface area (Å²) in [6.07, 6.45) is 1.36. The molecular weight excluding hydrogens is 236 g/mol. The summed E-state index contributed by atoms with van der Waals surface area (Å²) in [5.41, 5.74) is -0.0478. The van der Waals surface area contributed by atoms with Crippen LogP contribution in [-0.4, -0.2) is 34.6 Å². The highest BCUT2D eigenvalue weighted by Gasteiger charge is 2.25. The van der Waals surface area contributed by atoms with Crippen molar-refractivity contribution in [1.82, 2.24) is 10.6 Å². The van der Waals surface area contributed by atoms with E-state index in [0.29, 0.717) is 13.0 Å². The van der Waals surface area contributed by atoms with Gasteiger partial charge in [0.1, 0.15) is 6.04 Å². The lowest BCUT2D eigenvalue weighted by Crippen LogP contribution is -2.50. The minimum absolute atomic E-state index is 0.0478. The zero-order valence-corrected chi connectivity index (χ0v) is 9.64. The van der Waals surface area contributed by atoms with Crippen molar-refractivity contribution >= 4 is 11.8 Å². The van der Waals surface area contributed by atoms with E-state index in [4.69, 9.17) is 0 Å². The van der Waals surface area contributed by atoms with Gasteiger partial charge < -0.3 is 20.8 Å². The molecule has 1 saturated heterocycles. The van der Waals surface area contributed by atoms with Crippen molar-refractivity contribution in [1.29, 1.82) is 0 Å². The molecule has 1 heterocycles. The number of para-hydroxylation sites is 1. The number of piperidine rings is 1. The standard InChI is InChI=1S/C12H14N2O4/c15-9-5-1-3-7(10(9)16)11(17)14-8-4-2-6-13-12(8)18/h1,3,5,8,15-16H,2,4,6H2,(H,13,18)(H,14,17). The normalized spacial score (nSPS) is 19.1. The van der Waals surface area contributed by atoms with Crippen LogP contribution in [0.5, 0.6) is 11.5 Å². The molecule has 0 radical (unpaired) electrons. The monoisotopic (exact) mass is 250 g/mol. The maximum absolute atomic E-state index is 11.9. The maximum Gasteiger partial charge on any atom is 0.255 e. The summed E-state index contributed by atoms with van der Waals surface area (Å²) >= 11 is 0. The summed E-state index contributed by atoms with van der Waals surface area (Å²) in [5.74, 6) is -1.65.